The number of benzene rings is 1. The van der Waals surface area contributed by atoms with E-state index in [4.69, 9.17) is 4.74 Å². The van der Waals surface area contributed by atoms with E-state index in [1.165, 1.54) is 12.1 Å². The highest BCUT2D eigenvalue weighted by atomic mass is 79.9. The SMILES string of the molecule is CNC(COC)c1ccc(F)cc1Br. The fraction of sp³-hybridized carbons (Fsp3) is 0.400. The second-order valence-corrected chi connectivity index (χ2v) is 3.82. The number of halogens is 2. The second kappa shape index (κ2) is 5.44. The first-order valence-electron chi connectivity index (χ1n) is 4.30. The summed E-state index contributed by atoms with van der Waals surface area (Å²) in [4.78, 5) is 0. The van der Waals surface area contributed by atoms with E-state index in [-0.39, 0.29) is 11.9 Å². The summed E-state index contributed by atoms with van der Waals surface area (Å²) >= 11 is 3.32. The van der Waals surface area contributed by atoms with Crippen LogP contribution in [0.1, 0.15) is 11.6 Å². The molecule has 0 heterocycles. The van der Waals surface area contributed by atoms with Crippen LogP contribution < -0.4 is 5.32 Å². The van der Waals surface area contributed by atoms with Crippen molar-refractivity contribution in [1.82, 2.24) is 5.32 Å². The molecule has 2 nitrogen and oxygen atoms in total. The van der Waals surface area contributed by atoms with Crippen LogP contribution in [0.15, 0.2) is 22.7 Å². The van der Waals surface area contributed by atoms with Gasteiger partial charge in [0.15, 0.2) is 0 Å². The molecule has 0 aliphatic rings. The molecule has 1 rings (SSSR count). The Bertz CT molecular complexity index is 306. The van der Waals surface area contributed by atoms with Crippen molar-refractivity contribution in [3.8, 4) is 0 Å². The number of rotatable bonds is 4. The van der Waals surface area contributed by atoms with Gasteiger partial charge in [-0.1, -0.05) is 22.0 Å². The number of ether oxygens (including phenoxy) is 1. The standard InChI is InChI=1S/C10H13BrFNO/c1-13-10(6-14-2)8-4-3-7(12)5-9(8)11/h3-5,10,13H,6H2,1-2H3. The van der Waals surface area contributed by atoms with E-state index in [0.717, 1.165) is 10.0 Å². The molecular formula is C10H13BrFNO. The van der Waals surface area contributed by atoms with E-state index < -0.39 is 0 Å². The molecule has 0 aromatic heterocycles. The third-order valence-electron chi connectivity index (χ3n) is 2.02. The maximum Gasteiger partial charge on any atom is 0.124 e. The Balaban J connectivity index is 2.92. The summed E-state index contributed by atoms with van der Waals surface area (Å²) in [6.45, 7) is 0.556. The molecule has 78 valence electrons. The van der Waals surface area contributed by atoms with Crippen LogP contribution in [0.5, 0.6) is 0 Å². The molecular weight excluding hydrogens is 249 g/mol. The summed E-state index contributed by atoms with van der Waals surface area (Å²) < 4.78 is 18.6. The van der Waals surface area contributed by atoms with Gasteiger partial charge in [0.05, 0.1) is 12.6 Å². The minimum Gasteiger partial charge on any atom is -0.383 e. The third kappa shape index (κ3) is 2.77. The molecule has 4 heteroatoms. The first-order chi connectivity index (χ1) is 6.69. The molecule has 0 aliphatic heterocycles. The molecule has 0 aliphatic carbocycles. The van der Waals surface area contributed by atoms with Gasteiger partial charge in [-0.2, -0.15) is 0 Å². The predicted molar refractivity (Wildman–Crippen MR) is 57.8 cm³/mol. The van der Waals surface area contributed by atoms with Crippen LogP contribution in [0.4, 0.5) is 4.39 Å². The largest absolute Gasteiger partial charge is 0.383 e. The Morgan fingerprint density at radius 1 is 1.57 bits per heavy atom. The van der Waals surface area contributed by atoms with Gasteiger partial charge in [-0.3, -0.25) is 0 Å². The normalized spacial score (nSPS) is 12.9. The third-order valence-corrected chi connectivity index (χ3v) is 2.71. The molecule has 0 saturated carbocycles. The van der Waals surface area contributed by atoms with Crippen LogP contribution in [0.3, 0.4) is 0 Å². The van der Waals surface area contributed by atoms with Crippen LogP contribution in [-0.2, 0) is 4.74 Å². The number of hydrogen-bond acceptors (Lipinski definition) is 2. The topological polar surface area (TPSA) is 21.3 Å². The highest BCUT2D eigenvalue weighted by Crippen LogP contribution is 2.24. The van der Waals surface area contributed by atoms with Crippen molar-refractivity contribution < 1.29 is 9.13 Å². The monoisotopic (exact) mass is 261 g/mol. The molecule has 0 fully saturated rings. The van der Waals surface area contributed by atoms with Gasteiger partial charge < -0.3 is 10.1 Å². The van der Waals surface area contributed by atoms with E-state index in [0.29, 0.717) is 6.61 Å². The average molecular weight is 262 g/mol. The number of methoxy groups -OCH3 is 1. The molecule has 1 atom stereocenters. The van der Waals surface area contributed by atoms with Gasteiger partial charge in [-0.15, -0.1) is 0 Å². The Labute approximate surface area is 91.6 Å². The van der Waals surface area contributed by atoms with Gasteiger partial charge in [0.2, 0.25) is 0 Å². The van der Waals surface area contributed by atoms with Gasteiger partial charge in [0.25, 0.3) is 0 Å². The molecule has 1 N–H and O–H groups in total. The van der Waals surface area contributed by atoms with Crippen LogP contribution >= 0.6 is 15.9 Å². The maximum atomic E-state index is 12.8. The van der Waals surface area contributed by atoms with Gasteiger partial charge in [-0.25, -0.2) is 4.39 Å². The lowest BCUT2D eigenvalue weighted by Crippen LogP contribution is -2.21. The summed E-state index contributed by atoms with van der Waals surface area (Å²) in [5, 5.41) is 3.10. The molecule has 0 bridgehead atoms. The number of hydrogen-bond donors (Lipinski definition) is 1. The van der Waals surface area contributed by atoms with Crippen molar-refractivity contribution in [3.05, 3.63) is 34.1 Å². The van der Waals surface area contributed by atoms with Crippen LogP contribution in [0.2, 0.25) is 0 Å². The highest BCUT2D eigenvalue weighted by Gasteiger charge is 2.12. The molecule has 0 saturated heterocycles. The zero-order chi connectivity index (χ0) is 10.6. The molecule has 0 spiro atoms. The lowest BCUT2D eigenvalue weighted by atomic mass is 10.1. The first kappa shape index (κ1) is 11.6. The Morgan fingerprint density at radius 2 is 2.29 bits per heavy atom. The van der Waals surface area contributed by atoms with Crippen molar-refractivity contribution in [3.63, 3.8) is 0 Å². The van der Waals surface area contributed by atoms with Gasteiger partial charge >= 0.3 is 0 Å². The molecule has 0 radical (unpaired) electrons. The fourth-order valence-corrected chi connectivity index (χ4v) is 1.91. The average Bonchev–Trinajstić information content (AvgIpc) is 2.15. The van der Waals surface area contributed by atoms with Crippen LogP contribution in [0, 0.1) is 5.82 Å². The lowest BCUT2D eigenvalue weighted by Gasteiger charge is -2.16. The van der Waals surface area contributed by atoms with E-state index in [1.54, 1.807) is 13.2 Å². The van der Waals surface area contributed by atoms with Crippen LogP contribution in [-0.4, -0.2) is 20.8 Å². The Hall–Kier alpha value is -0.450. The minimum absolute atomic E-state index is 0.0787. The Morgan fingerprint density at radius 3 is 2.79 bits per heavy atom. The van der Waals surface area contributed by atoms with Crippen LogP contribution in [0.25, 0.3) is 0 Å². The zero-order valence-corrected chi connectivity index (χ0v) is 9.77. The van der Waals surface area contributed by atoms with E-state index in [1.807, 2.05) is 7.05 Å². The smallest absolute Gasteiger partial charge is 0.124 e. The quantitative estimate of drug-likeness (QED) is 0.900. The molecule has 1 aromatic carbocycles. The number of likely N-dealkylation sites (N-methyl/N-ethyl adjacent to an activating group) is 1. The summed E-state index contributed by atoms with van der Waals surface area (Å²) in [6.07, 6.45) is 0. The lowest BCUT2D eigenvalue weighted by molar-refractivity contribution is 0.170. The van der Waals surface area contributed by atoms with E-state index >= 15 is 0 Å². The summed E-state index contributed by atoms with van der Waals surface area (Å²) in [5.41, 5.74) is 0.996. The van der Waals surface area contributed by atoms with Crippen molar-refractivity contribution in [2.75, 3.05) is 20.8 Å². The van der Waals surface area contributed by atoms with Crippen molar-refractivity contribution in [1.29, 1.82) is 0 Å². The van der Waals surface area contributed by atoms with Crippen molar-refractivity contribution in [2.45, 2.75) is 6.04 Å². The van der Waals surface area contributed by atoms with E-state index in [9.17, 15) is 4.39 Å². The zero-order valence-electron chi connectivity index (χ0n) is 8.18. The minimum atomic E-state index is -0.243. The maximum absolute atomic E-state index is 12.8. The molecule has 0 amide bonds. The summed E-state index contributed by atoms with van der Waals surface area (Å²) in [5.74, 6) is -0.243. The predicted octanol–water partition coefficient (Wildman–Crippen LogP) is 2.50. The Kier molecular flexibility index (Phi) is 4.51. The second-order valence-electron chi connectivity index (χ2n) is 2.96. The first-order valence-corrected chi connectivity index (χ1v) is 5.09. The molecule has 1 aromatic rings. The van der Waals surface area contributed by atoms with Gasteiger partial charge in [0.1, 0.15) is 5.82 Å². The van der Waals surface area contributed by atoms with E-state index in [2.05, 4.69) is 21.2 Å². The molecule has 14 heavy (non-hydrogen) atoms. The number of nitrogens with one attached hydrogen (secondary N) is 1. The van der Waals surface area contributed by atoms with Gasteiger partial charge in [0, 0.05) is 11.6 Å². The highest BCUT2D eigenvalue weighted by molar-refractivity contribution is 9.10. The summed E-state index contributed by atoms with van der Waals surface area (Å²) in [7, 11) is 3.49. The molecule has 1 unspecified atom stereocenters. The van der Waals surface area contributed by atoms with Gasteiger partial charge in [-0.05, 0) is 24.7 Å². The van der Waals surface area contributed by atoms with Crippen molar-refractivity contribution in [2.24, 2.45) is 0 Å². The fourth-order valence-electron chi connectivity index (χ4n) is 1.28. The van der Waals surface area contributed by atoms with Crippen molar-refractivity contribution >= 4 is 15.9 Å². The summed E-state index contributed by atoms with van der Waals surface area (Å²) in [6, 6.07) is 4.73.